The number of fused-ring (bicyclic) bond motifs is 1. The fourth-order valence-corrected chi connectivity index (χ4v) is 4.88. The molecule has 208 valence electrons. The van der Waals surface area contributed by atoms with Gasteiger partial charge in [0.25, 0.3) is 5.91 Å². The molecule has 0 bridgehead atoms. The van der Waals surface area contributed by atoms with Crippen LogP contribution in [0.2, 0.25) is 0 Å². The molecule has 2 heterocycles. The minimum atomic E-state index is -5.24. The van der Waals surface area contributed by atoms with E-state index in [1.54, 1.807) is 7.11 Å². The van der Waals surface area contributed by atoms with Gasteiger partial charge in [0.1, 0.15) is 28.6 Å². The normalized spacial score (nSPS) is 13.5. The van der Waals surface area contributed by atoms with E-state index in [9.17, 15) is 17.1 Å². The van der Waals surface area contributed by atoms with Crippen LogP contribution < -0.4 is 29.8 Å². The number of hydrogen-bond acceptors (Lipinski definition) is 11. The van der Waals surface area contributed by atoms with Gasteiger partial charge in [0, 0.05) is 25.4 Å². The molecular formula is C24H28FN6O6PS. The molecule has 1 aromatic heterocycles. The topological polar surface area (TPSA) is 158 Å². The van der Waals surface area contributed by atoms with E-state index >= 15 is 0 Å². The van der Waals surface area contributed by atoms with Crippen LogP contribution in [-0.4, -0.2) is 63.2 Å². The molecule has 0 aliphatic carbocycles. The Kier molecular flexibility index (Phi) is 8.38. The standard InChI is InChI=1S/C24H28FN6O6PS/c1-31-8-7-14-10-20(35-2)19(9-15(14)13-31)29-24-27-12-17(22(26)32)23(30-24)28-18-6-5-16(37-39(25,33)34)11-21(18)36-38(3)4/h5-6,9-12H,7-8,13H2,1-4H3,(H2,26,32)(H2,27,28,29,30). The molecule has 1 amide bonds. The number of anilines is 4. The van der Waals surface area contributed by atoms with E-state index in [0.717, 1.165) is 25.1 Å². The molecule has 12 nitrogen and oxygen atoms in total. The molecule has 2 aromatic carbocycles. The Hall–Kier alpha value is -3.74. The molecule has 0 radical (unpaired) electrons. The van der Waals surface area contributed by atoms with Crippen molar-refractivity contribution < 1.29 is 30.5 Å². The van der Waals surface area contributed by atoms with Gasteiger partial charge >= 0.3 is 10.5 Å². The number of methoxy groups -OCH3 is 1. The highest BCUT2D eigenvalue weighted by atomic mass is 32.3. The van der Waals surface area contributed by atoms with E-state index in [-0.39, 0.29) is 28.8 Å². The van der Waals surface area contributed by atoms with E-state index in [0.29, 0.717) is 17.1 Å². The van der Waals surface area contributed by atoms with Crippen LogP contribution in [0.5, 0.6) is 17.2 Å². The first-order chi connectivity index (χ1) is 18.4. The van der Waals surface area contributed by atoms with Crippen LogP contribution in [-0.2, 0) is 23.5 Å². The predicted molar refractivity (Wildman–Crippen MR) is 147 cm³/mol. The van der Waals surface area contributed by atoms with E-state index < -0.39 is 24.6 Å². The number of ether oxygens (including phenoxy) is 1. The van der Waals surface area contributed by atoms with Crippen molar-refractivity contribution in [3.63, 3.8) is 0 Å². The average Bonchev–Trinajstić information content (AvgIpc) is 2.84. The summed E-state index contributed by atoms with van der Waals surface area (Å²) in [5.74, 6) is -0.0910. The monoisotopic (exact) mass is 578 g/mol. The smallest absolute Gasteiger partial charge is 0.488 e. The number of hydrogen-bond donors (Lipinski definition) is 3. The van der Waals surface area contributed by atoms with Crippen LogP contribution in [0.1, 0.15) is 21.5 Å². The molecule has 3 aromatic rings. The number of amides is 1. The molecule has 4 rings (SSSR count). The number of nitrogens with one attached hydrogen (secondary N) is 2. The van der Waals surface area contributed by atoms with Gasteiger partial charge in [-0.15, -0.1) is 0 Å². The van der Waals surface area contributed by atoms with Crippen LogP contribution >= 0.6 is 8.15 Å². The number of primary amides is 1. The fraction of sp³-hybridized carbons (Fsp3) is 0.292. The molecule has 0 spiro atoms. The first-order valence-electron chi connectivity index (χ1n) is 11.6. The number of carbonyl (C=O) groups is 1. The molecule has 0 atom stereocenters. The second-order valence-electron chi connectivity index (χ2n) is 8.92. The number of benzene rings is 2. The maximum absolute atomic E-state index is 13.1. The maximum atomic E-state index is 13.1. The van der Waals surface area contributed by atoms with Gasteiger partial charge in [0.15, 0.2) is 0 Å². The highest BCUT2D eigenvalue weighted by molar-refractivity contribution is 7.81. The fourth-order valence-electron chi connectivity index (χ4n) is 4.00. The van der Waals surface area contributed by atoms with Crippen molar-refractivity contribution in [1.29, 1.82) is 0 Å². The lowest BCUT2D eigenvalue weighted by Gasteiger charge is -2.26. The Morgan fingerprint density at radius 2 is 1.90 bits per heavy atom. The molecule has 1 aliphatic rings. The number of aromatic nitrogens is 2. The van der Waals surface area contributed by atoms with Crippen molar-refractivity contribution in [2.75, 3.05) is 44.7 Å². The summed E-state index contributed by atoms with van der Waals surface area (Å²) in [6.45, 7) is 5.36. The van der Waals surface area contributed by atoms with Crippen LogP contribution in [0.15, 0.2) is 36.5 Å². The largest absolute Gasteiger partial charge is 0.495 e. The van der Waals surface area contributed by atoms with Crippen LogP contribution in [0.25, 0.3) is 0 Å². The van der Waals surface area contributed by atoms with E-state index in [4.69, 9.17) is 15.0 Å². The van der Waals surface area contributed by atoms with Gasteiger partial charge in [-0.3, -0.25) is 4.79 Å². The predicted octanol–water partition coefficient (Wildman–Crippen LogP) is 3.69. The van der Waals surface area contributed by atoms with Crippen molar-refractivity contribution >= 4 is 47.7 Å². The molecule has 15 heteroatoms. The molecule has 0 saturated heterocycles. The van der Waals surface area contributed by atoms with E-state index in [2.05, 4.69) is 36.7 Å². The van der Waals surface area contributed by atoms with E-state index in [1.165, 1.54) is 30.0 Å². The lowest BCUT2D eigenvalue weighted by molar-refractivity contribution is 0.100. The summed E-state index contributed by atoms with van der Waals surface area (Å²) in [5, 5.41) is 6.13. The summed E-state index contributed by atoms with van der Waals surface area (Å²) in [6.07, 6.45) is 2.18. The van der Waals surface area contributed by atoms with Crippen LogP contribution in [0, 0.1) is 0 Å². The van der Waals surface area contributed by atoms with E-state index in [1.807, 2.05) is 25.5 Å². The van der Waals surface area contributed by atoms with Crippen molar-refractivity contribution in [2.45, 2.75) is 13.0 Å². The van der Waals surface area contributed by atoms with Gasteiger partial charge in [0.2, 0.25) is 5.95 Å². The molecule has 1 aliphatic heterocycles. The lowest BCUT2D eigenvalue weighted by Crippen LogP contribution is -2.26. The van der Waals surface area contributed by atoms with Crippen molar-refractivity contribution in [3.8, 4) is 17.2 Å². The Morgan fingerprint density at radius 3 is 2.56 bits per heavy atom. The number of likely N-dealkylation sites (N-methyl/N-ethyl adjacent to an activating group) is 1. The SMILES string of the molecule is COc1cc2c(cc1Nc1ncc(C(N)=O)c(Nc3ccc(OS(=O)(=O)F)cc3OP(C)C)n1)CN(C)CC2. The first-order valence-corrected chi connectivity index (χ1v) is 15.1. The number of nitrogens with zero attached hydrogens (tertiary/aromatic N) is 3. The summed E-state index contributed by atoms with van der Waals surface area (Å²) in [7, 11) is -2.59. The summed E-state index contributed by atoms with van der Waals surface area (Å²) >= 11 is 0. The first kappa shape index (κ1) is 28.3. The number of halogens is 1. The number of rotatable bonds is 10. The summed E-state index contributed by atoms with van der Waals surface area (Å²) < 4.78 is 50.6. The average molecular weight is 579 g/mol. The van der Waals surface area contributed by atoms with Gasteiger partial charge in [-0.2, -0.15) is 13.4 Å². The second-order valence-corrected chi connectivity index (χ2v) is 11.7. The van der Waals surface area contributed by atoms with Crippen molar-refractivity contribution in [3.05, 3.63) is 53.2 Å². The number of carbonyl (C=O) groups excluding carboxylic acids is 1. The molecular weight excluding hydrogens is 550 g/mol. The molecule has 0 fully saturated rings. The van der Waals surface area contributed by atoms with Gasteiger partial charge in [-0.1, -0.05) is 3.89 Å². The highest BCUT2D eigenvalue weighted by Crippen LogP contribution is 2.40. The van der Waals surface area contributed by atoms with Gasteiger partial charge < -0.3 is 34.7 Å². The third-order valence-electron chi connectivity index (χ3n) is 5.71. The minimum Gasteiger partial charge on any atom is -0.495 e. The lowest BCUT2D eigenvalue weighted by atomic mass is 9.99. The summed E-state index contributed by atoms with van der Waals surface area (Å²) in [4.78, 5) is 23.1. The van der Waals surface area contributed by atoms with Crippen LogP contribution in [0.3, 0.4) is 0 Å². The molecule has 4 N–H and O–H groups in total. The zero-order valence-electron chi connectivity index (χ0n) is 21.7. The minimum absolute atomic E-state index is 0.00699. The van der Waals surface area contributed by atoms with Gasteiger partial charge in [-0.25, -0.2) is 4.98 Å². The third-order valence-corrected chi connectivity index (χ3v) is 6.66. The summed E-state index contributed by atoms with van der Waals surface area (Å²) in [6, 6.07) is 7.80. The van der Waals surface area contributed by atoms with Gasteiger partial charge in [-0.05, 0) is 62.2 Å². The molecule has 0 saturated carbocycles. The Bertz CT molecular complexity index is 1510. The Labute approximate surface area is 226 Å². The van der Waals surface area contributed by atoms with Crippen LogP contribution in [0.4, 0.5) is 27.0 Å². The summed E-state index contributed by atoms with van der Waals surface area (Å²) in [5.41, 5.74) is 8.85. The second kappa shape index (κ2) is 11.6. The third kappa shape index (κ3) is 7.22. The van der Waals surface area contributed by atoms with Crippen molar-refractivity contribution in [1.82, 2.24) is 14.9 Å². The molecule has 0 unspecified atom stereocenters. The van der Waals surface area contributed by atoms with Crippen molar-refractivity contribution in [2.24, 2.45) is 5.73 Å². The highest BCUT2D eigenvalue weighted by Gasteiger charge is 2.20. The maximum Gasteiger partial charge on any atom is 0.488 e. The Balaban J connectivity index is 1.69. The van der Waals surface area contributed by atoms with Gasteiger partial charge in [0.05, 0.1) is 26.6 Å². The zero-order valence-corrected chi connectivity index (χ0v) is 23.4. The number of nitrogens with two attached hydrogens (primary N) is 1. The Morgan fingerprint density at radius 1 is 1.13 bits per heavy atom. The molecule has 39 heavy (non-hydrogen) atoms. The quantitative estimate of drug-likeness (QED) is 0.238. The zero-order chi connectivity index (χ0) is 28.3.